The minimum Gasteiger partial charge on any atom is -0.493 e. The van der Waals surface area contributed by atoms with Gasteiger partial charge in [0.15, 0.2) is 23.2 Å². The maximum absolute atomic E-state index is 12.3. The normalized spacial score (nSPS) is 10.4. The van der Waals surface area contributed by atoms with E-state index in [2.05, 4.69) is 22.4 Å². The predicted molar refractivity (Wildman–Crippen MR) is 131 cm³/mol. The highest BCUT2D eigenvalue weighted by Gasteiger charge is 2.15. The Kier molecular flexibility index (Phi) is 7.19. The van der Waals surface area contributed by atoms with Crippen LogP contribution in [0, 0.1) is 0 Å². The van der Waals surface area contributed by atoms with E-state index in [0.717, 1.165) is 22.4 Å². The van der Waals surface area contributed by atoms with Crippen molar-refractivity contribution in [3.8, 4) is 33.9 Å². The number of nitrogens with zero attached hydrogens (tertiary/aromatic N) is 1. The summed E-state index contributed by atoms with van der Waals surface area (Å²) in [6, 6.07) is 22.8. The first-order chi connectivity index (χ1) is 16.6. The number of ether oxygens (including phenoxy) is 3. The van der Waals surface area contributed by atoms with Crippen molar-refractivity contribution in [3.05, 3.63) is 83.7 Å². The lowest BCUT2D eigenvalue weighted by Crippen LogP contribution is -2.20. The van der Waals surface area contributed by atoms with Crippen molar-refractivity contribution >= 4 is 28.3 Å². The molecule has 1 amide bonds. The highest BCUT2D eigenvalue weighted by atomic mass is 32.1. The molecule has 4 rings (SSSR count). The minimum absolute atomic E-state index is 0.251. The Balaban J connectivity index is 1.33. The second-order valence-corrected chi connectivity index (χ2v) is 8.03. The van der Waals surface area contributed by atoms with Crippen LogP contribution < -0.4 is 14.8 Å². The Morgan fingerprint density at radius 2 is 1.53 bits per heavy atom. The van der Waals surface area contributed by atoms with Gasteiger partial charge in [0, 0.05) is 10.9 Å². The number of amides is 1. The van der Waals surface area contributed by atoms with Crippen LogP contribution in [0.5, 0.6) is 11.5 Å². The number of nitrogens with one attached hydrogen (secondary N) is 1. The molecule has 3 aromatic carbocycles. The van der Waals surface area contributed by atoms with Gasteiger partial charge in [0.1, 0.15) is 0 Å². The van der Waals surface area contributed by atoms with Gasteiger partial charge >= 0.3 is 5.97 Å². The maximum Gasteiger partial charge on any atom is 0.338 e. The standard InChI is InChI=1S/C26H22N2O5S/c1-31-22-13-12-20(14-23(22)32-2)25(30)33-15-24(29)28-26-27-21(16-34-26)19-10-8-18(9-11-19)17-6-4-3-5-7-17/h3-14,16H,15H2,1-2H3,(H,27,28,29). The fourth-order valence-corrected chi connectivity index (χ4v) is 4.00. The molecule has 0 unspecified atom stereocenters. The van der Waals surface area contributed by atoms with Crippen molar-refractivity contribution in [1.82, 2.24) is 4.98 Å². The Morgan fingerprint density at radius 1 is 0.853 bits per heavy atom. The molecule has 8 heteroatoms. The largest absolute Gasteiger partial charge is 0.493 e. The topological polar surface area (TPSA) is 86.8 Å². The van der Waals surface area contributed by atoms with Crippen LogP contribution in [-0.4, -0.2) is 37.7 Å². The number of thiazole rings is 1. The SMILES string of the molecule is COc1ccc(C(=O)OCC(=O)Nc2nc(-c3ccc(-c4ccccc4)cc3)cs2)cc1OC. The van der Waals surface area contributed by atoms with Crippen LogP contribution in [0.4, 0.5) is 5.13 Å². The molecule has 1 aromatic heterocycles. The highest BCUT2D eigenvalue weighted by molar-refractivity contribution is 7.14. The van der Waals surface area contributed by atoms with E-state index in [4.69, 9.17) is 14.2 Å². The van der Waals surface area contributed by atoms with Crippen LogP contribution in [0.1, 0.15) is 10.4 Å². The van der Waals surface area contributed by atoms with Crippen molar-refractivity contribution in [1.29, 1.82) is 0 Å². The molecule has 172 valence electrons. The first-order valence-corrected chi connectivity index (χ1v) is 11.3. The number of anilines is 1. The summed E-state index contributed by atoms with van der Waals surface area (Å²) in [7, 11) is 2.98. The molecule has 1 N–H and O–H groups in total. The Labute approximate surface area is 201 Å². The molecular weight excluding hydrogens is 452 g/mol. The van der Waals surface area contributed by atoms with Gasteiger partial charge in [0.2, 0.25) is 0 Å². The Morgan fingerprint density at radius 3 is 2.24 bits per heavy atom. The molecule has 7 nitrogen and oxygen atoms in total. The molecule has 0 fully saturated rings. The van der Waals surface area contributed by atoms with E-state index in [1.54, 1.807) is 6.07 Å². The molecule has 0 saturated carbocycles. The van der Waals surface area contributed by atoms with E-state index in [9.17, 15) is 9.59 Å². The van der Waals surface area contributed by atoms with Gasteiger partial charge in [-0.1, -0.05) is 54.6 Å². The van der Waals surface area contributed by atoms with Crippen LogP contribution in [0.3, 0.4) is 0 Å². The summed E-state index contributed by atoms with van der Waals surface area (Å²) in [4.78, 5) is 29.0. The molecule has 0 saturated heterocycles. The summed E-state index contributed by atoms with van der Waals surface area (Å²) in [6.45, 7) is -0.437. The second-order valence-electron chi connectivity index (χ2n) is 7.18. The van der Waals surface area contributed by atoms with Gasteiger partial charge in [-0.2, -0.15) is 0 Å². The summed E-state index contributed by atoms with van der Waals surface area (Å²) in [5.74, 6) is -0.233. The maximum atomic E-state index is 12.3. The van der Waals surface area contributed by atoms with E-state index in [0.29, 0.717) is 16.6 Å². The third-order valence-corrected chi connectivity index (χ3v) is 5.75. The lowest BCUT2D eigenvalue weighted by molar-refractivity contribution is -0.119. The molecular formula is C26H22N2O5S. The van der Waals surface area contributed by atoms with Crippen LogP contribution in [-0.2, 0) is 9.53 Å². The van der Waals surface area contributed by atoms with Gasteiger partial charge in [-0.05, 0) is 29.3 Å². The number of rotatable bonds is 8. The zero-order valence-corrected chi connectivity index (χ0v) is 19.4. The lowest BCUT2D eigenvalue weighted by atomic mass is 10.0. The van der Waals surface area contributed by atoms with Crippen molar-refractivity contribution in [2.45, 2.75) is 0 Å². The lowest BCUT2D eigenvalue weighted by Gasteiger charge is -2.09. The average molecular weight is 475 g/mol. The predicted octanol–water partition coefficient (Wildman–Crippen LogP) is 5.29. The molecule has 0 aliphatic carbocycles. The zero-order valence-electron chi connectivity index (χ0n) is 18.6. The fourth-order valence-electron chi connectivity index (χ4n) is 3.26. The highest BCUT2D eigenvalue weighted by Crippen LogP contribution is 2.29. The molecule has 4 aromatic rings. The van der Waals surface area contributed by atoms with Gasteiger partial charge in [-0.15, -0.1) is 11.3 Å². The van der Waals surface area contributed by atoms with Crippen molar-refractivity contribution < 1.29 is 23.8 Å². The van der Waals surface area contributed by atoms with Gasteiger partial charge < -0.3 is 14.2 Å². The molecule has 0 bridgehead atoms. The number of carbonyl (C=O) groups excluding carboxylic acids is 2. The van der Waals surface area contributed by atoms with Crippen molar-refractivity contribution in [2.75, 3.05) is 26.1 Å². The summed E-state index contributed by atoms with van der Waals surface area (Å²) in [6.07, 6.45) is 0. The van der Waals surface area contributed by atoms with E-state index in [1.807, 2.05) is 47.8 Å². The molecule has 0 radical (unpaired) electrons. The number of esters is 1. The number of benzene rings is 3. The summed E-state index contributed by atoms with van der Waals surface area (Å²) in [5, 5.41) is 4.95. The van der Waals surface area contributed by atoms with E-state index >= 15 is 0 Å². The molecule has 0 atom stereocenters. The Hall–Kier alpha value is -4.17. The number of hydrogen-bond donors (Lipinski definition) is 1. The number of aromatic nitrogens is 1. The molecule has 34 heavy (non-hydrogen) atoms. The number of methoxy groups -OCH3 is 2. The van der Waals surface area contributed by atoms with Gasteiger partial charge in [-0.3, -0.25) is 10.1 Å². The first kappa shape index (κ1) is 23.0. The van der Waals surface area contributed by atoms with Crippen LogP contribution in [0.25, 0.3) is 22.4 Å². The average Bonchev–Trinajstić information content (AvgIpc) is 3.35. The van der Waals surface area contributed by atoms with Crippen LogP contribution in [0.15, 0.2) is 78.2 Å². The molecule has 1 heterocycles. The van der Waals surface area contributed by atoms with E-state index < -0.39 is 18.5 Å². The Bertz CT molecular complexity index is 1290. The number of carbonyl (C=O) groups is 2. The van der Waals surface area contributed by atoms with Crippen molar-refractivity contribution in [3.63, 3.8) is 0 Å². The monoisotopic (exact) mass is 474 g/mol. The zero-order chi connectivity index (χ0) is 23.9. The fraction of sp³-hybridized carbons (Fsp3) is 0.115. The van der Waals surface area contributed by atoms with Gasteiger partial charge in [-0.25, -0.2) is 9.78 Å². The second kappa shape index (κ2) is 10.6. The third kappa shape index (κ3) is 5.41. The molecule has 0 spiro atoms. The minimum atomic E-state index is -0.644. The molecule has 0 aliphatic rings. The smallest absolute Gasteiger partial charge is 0.338 e. The van der Waals surface area contributed by atoms with Gasteiger partial charge in [0.05, 0.1) is 25.5 Å². The summed E-state index contributed by atoms with van der Waals surface area (Å²) >= 11 is 1.30. The summed E-state index contributed by atoms with van der Waals surface area (Å²) < 4.78 is 15.4. The van der Waals surface area contributed by atoms with E-state index in [1.165, 1.54) is 37.7 Å². The number of hydrogen-bond acceptors (Lipinski definition) is 7. The van der Waals surface area contributed by atoms with E-state index in [-0.39, 0.29) is 5.56 Å². The van der Waals surface area contributed by atoms with Crippen LogP contribution in [0.2, 0.25) is 0 Å². The third-order valence-electron chi connectivity index (χ3n) is 4.99. The van der Waals surface area contributed by atoms with Crippen LogP contribution >= 0.6 is 11.3 Å². The summed E-state index contributed by atoms with van der Waals surface area (Å²) in [5.41, 5.74) is 4.20. The molecule has 0 aliphatic heterocycles. The van der Waals surface area contributed by atoms with Gasteiger partial charge in [0.25, 0.3) is 5.91 Å². The first-order valence-electron chi connectivity index (χ1n) is 10.4. The quantitative estimate of drug-likeness (QED) is 0.349. The van der Waals surface area contributed by atoms with Crippen molar-refractivity contribution in [2.24, 2.45) is 0 Å².